The predicted octanol–water partition coefficient (Wildman–Crippen LogP) is 1.14. The molecule has 1 fully saturated rings. The van der Waals surface area contributed by atoms with E-state index in [2.05, 4.69) is 4.90 Å². The highest BCUT2D eigenvalue weighted by Crippen LogP contribution is 2.11. The summed E-state index contributed by atoms with van der Waals surface area (Å²) in [4.78, 5) is 29.4. The van der Waals surface area contributed by atoms with Gasteiger partial charge in [0.2, 0.25) is 5.91 Å². The van der Waals surface area contributed by atoms with Crippen LogP contribution < -0.4 is 0 Å². The van der Waals surface area contributed by atoms with Crippen molar-refractivity contribution >= 4 is 11.9 Å². The molecule has 0 saturated carbocycles. The number of carboxylic acids is 1. The fraction of sp³-hybridized carbons (Fsp3) is 0.600. The van der Waals surface area contributed by atoms with Gasteiger partial charge in [0, 0.05) is 32.2 Å². The summed E-state index contributed by atoms with van der Waals surface area (Å²) in [6, 6.07) is 10.1. The van der Waals surface area contributed by atoms with E-state index in [0.29, 0.717) is 39.3 Å². The van der Waals surface area contributed by atoms with Crippen LogP contribution in [-0.4, -0.2) is 90.2 Å². The molecule has 7 nitrogen and oxygen atoms in total. The van der Waals surface area contributed by atoms with Gasteiger partial charge in [-0.2, -0.15) is 0 Å². The van der Waals surface area contributed by atoms with Gasteiger partial charge >= 0.3 is 5.97 Å². The normalized spacial score (nSPS) is 18.0. The minimum absolute atomic E-state index is 0.0169. The van der Waals surface area contributed by atoms with Gasteiger partial charge in [0.25, 0.3) is 0 Å². The maximum absolute atomic E-state index is 12.9. The second-order valence-electron chi connectivity index (χ2n) is 7.42. The average molecular weight is 377 g/mol. The van der Waals surface area contributed by atoms with Crippen LogP contribution >= 0.6 is 0 Å². The average Bonchev–Trinajstić information content (AvgIpc) is 2.59. The molecular formula is C20H31N3O4. The summed E-state index contributed by atoms with van der Waals surface area (Å²) in [5, 5.41) is 8.88. The number of carbonyl (C=O) groups excluding carboxylic acids is 1. The van der Waals surface area contributed by atoms with Crippen molar-refractivity contribution in [2.24, 2.45) is 0 Å². The minimum Gasteiger partial charge on any atom is -0.480 e. The fourth-order valence-electron chi connectivity index (χ4n) is 3.30. The summed E-state index contributed by atoms with van der Waals surface area (Å²) in [5.74, 6) is -0.748. The van der Waals surface area contributed by atoms with Gasteiger partial charge in [0.15, 0.2) is 0 Å². The summed E-state index contributed by atoms with van der Waals surface area (Å²) < 4.78 is 5.74. The van der Waals surface area contributed by atoms with Gasteiger partial charge in [-0.15, -0.1) is 0 Å². The van der Waals surface area contributed by atoms with Gasteiger partial charge < -0.3 is 14.7 Å². The summed E-state index contributed by atoms with van der Waals surface area (Å²) in [6.07, 6.45) is -0.0856. The molecule has 0 bridgehead atoms. The quantitative estimate of drug-likeness (QED) is 0.696. The molecule has 1 N–H and O–H groups in total. The number of benzene rings is 1. The van der Waals surface area contributed by atoms with E-state index in [0.717, 1.165) is 5.56 Å². The lowest BCUT2D eigenvalue weighted by Gasteiger charge is -2.36. The molecule has 0 aliphatic carbocycles. The number of rotatable bonds is 9. The van der Waals surface area contributed by atoms with E-state index in [1.165, 1.54) is 0 Å². The first-order valence-electron chi connectivity index (χ1n) is 9.43. The van der Waals surface area contributed by atoms with Gasteiger partial charge in [-0.05, 0) is 26.5 Å². The summed E-state index contributed by atoms with van der Waals surface area (Å²) in [7, 11) is 1.77. The van der Waals surface area contributed by atoms with E-state index in [9.17, 15) is 9.59 Å². The number of aliphatic carboxylic acids is 1. The van der Waals surface area contributed by atoms with E-state index < -0.39 is 5.97 Å². The highest BCUT2D eigenvalue weighted by atomic mass is 16.5. The molecule has 0 aromatic heterocycles. The van der Waals surface area contributed by atoms with Crippen molar-refractivity contribution < 1.29 is 19.4 Å². The molecule has 2 rings (SSSR count). The first kappa shape index (κ1) is 21.3. The number of amides is 1. The molecule has 1 saturated heterocycles. The Labute approximate surface area is 161 Å². The zero-order valence-electron chi connectivity index (χ0n) is 16.5. The van der Waals surface area contributed by atoms with Crippen molar-refractivity contribution in [2.45, 2.75) is 32.5 Å². The van der Waals surface area contributed by atoms with Gasteiger partial charge in [-0.25, -0.2) is 0 Å². The van der Waals surface area contributed by atoms with Crippen LogP contribution in [0.3, 0.4) is 0 Å². The van der Waals surface area contributed by atoms with E-state index in [-0.39, 0.29) is 24.6 Å². The summed E-state index contributed by atoms with van der Waals surface area (Å²) >= 11 is 0. The Morgan fingerprint density at radius 2 is 2.00 bits per heavy atom. The van der Waals surface area contributed by atoms with Crippen LogP contribution in [-0.2, 0) is 20.9 Å². The molecule has 1 unspecified atom stereocenters. The topological polar surface area (TPSA) is 73.3 Å². The summed E-state index contributed by atoms with van der Waals surface area (Å²) in [6.45, 7) is 7.44. The van der Waals surface area contributed by atoms with Gasteiger partial charge in [0.05, 0.1) is 25.8 Å². The lowest BCUT2D eigenvalue weighted by molar-refractivity contribution is -0.138. The van der Waals surface area contributed by atoms with E-state index >= 15 is 0 Å². The monoisotopic (exact) mass is 377 g/mol. The van der Waals surface area contributed by atoms with Gasteiger partial charge in [-0.3, -0.25) is 19.4 Å². The molecule has 27 heavy (non-hydrogen) atoms. The molecule has 1 aliphatic heterocycles. The molecule has 0 spiro atoms. The first-order chi connectivity index (χ1) is 12.8. The Morgan fingerprint density at radius 3 is 2.63 bits per heavy atom. The van der Waals surface area contributed by atoms with Crippen molar-refractivity contribution in [2.75, 3.05) is 46.4 Å². The third-order valence-corrected chi connectivity index (χ3v) is 4.64. The van der Waals surface area contributed by atoms with Crippen LogP contribution in [0.15, 0.2) is 30.3 Å². The Hall–Kier alpha value is -1.96. The molecule has 1 aromatic carbocycles. The highest BCUT2D eigenvalue weighted by Gasteiger charge is 2.26. The standard InChI is InChI=1S/C20H31N3O4/c1-16(2)23(11-17-7-5-4-6-8-17)19(24)14-22-9-10-27-18(13-22)12-21(3)15-20(25)26/h4-8,16,18H,9-15H2,1-3H3,(H,25,26). The Balaban J connectivity index is 1.89. The number of hydrogen-bond donors (Lipinski definition) is 1. The third kappa shape index (κ3) is 7.28. The number of hydrogen-bond acceptors (Lipinski definition) is 5. The fourth-order valence-corrected chi connectivity index (χ4v) is 3.30. The van der Waals surface area contributed by atoms with Crippen molar-refractivity contribution in [3.8, 4) is 0 Å². The maximum atomic E-state index is 12.9. The van der Waals surface area contributed by atoms with E-state index in [1.54, 1.807) is 11.9 Å². The molecule has 1 amide bonds. The number of morpholine rings is 1. The van der Waals surface area contributed by atoms with Crippen molar-refractivity contribution in [1.82, 2.24) is 14.7 Å². The van der Waals surface area contributed by atoms with Crippen molar-refractivity contribution in [3.05, 3.63) is 35.9 Å². The molecule has 1 aliphatic rings. The Kier molecular flexibility index (Phi) is 8.22. The molecule has 1 aromatic rings. The number of ether oxygens (including phenoxy) is 1. The number of nitrogens with zero attached hydrogens (tertiary/aromatic N) is 3. The van der Waals surface area contributed by atoms with Gasteiger partial charge in [0.1, 0.15) is 0 Å². The van der Waals surface area contributed by atoms with Crippen LogP contribution in [0.1, 0.15) is 19.4 Å². The van der Waals surface area contributed by atoms with Crippen LogP contribution in [0.2, 0.25) is 0 Å². The lowest BCUT2D eigenvalue weighted by atomic mass is 10.2. The van der Waals surface area contributed by atoms with Crippen LogP contribution in [0.5, 0.6) is 0 Å². The lowest BCUT2D eigenvalue weighted by Crippen LogP contribution is -2.51. The Morgan fingerprint density at radius 1 is 1.30 bits per heavy atom. The van der Waals surface area contributed by atoms with Crippen LogP contribution in [0.25, 0.3) is 0 Å². The number of carboxylic acid groups (broad SMARTS) is 1. The number of likely N-dealkylation sites (N-methyl/N-ethyl adjacent to an activating group) is 1. The molecule has 7 heteroatoms. The van der Waals surface area contributed by atoms with E-state index in [1.807, 2.05) is 49.1 Å². The molecule has 0 radical (unpaired) electrons. The summed E-state index contributed by atoms with van der Waals surface area (Å²) in [5.41, 5.74) is 1.12. The largest absolute Gasteiger partial charge is 0.480 e. The smallest absolute Gasteiger partial charge is 0.317 e. The third-order valence-electron chi connectivity index (χ3n) is 4.64. The zero-order valence-corrected chi connectivity index (χ0v) is 16.5. The van der Waals surface area contributed by atoms with E-state index in [4.69, 9.17) is 9.84 Å². The van der Waals surface area contributed by atoms with Crippen LogP contribution in [0.4, 0.5) is 0 Å². The Bertz CT molecular complexity index is 609. The zero-order chi connectivity index (χ0) is 19.8. The van der Waals surface area contributed by atoms with Gasteiger partial charge in [-0.1, -0.05) is 30.3 Å². The predicted molar refractivity (Wildman–Crippen MR) is 103 cm³/mol. The molecule has 1 heterocycles. The second kappa shape index (κ2) is 10.4. The first-order valence-corrected chi connectivity index (χ1v) is 9.43. The minimum atomic E-state index is -0.853. The maximum Gasteiger partial charge on any atom is 0.317 e. The van der Waals surface area contributed by atoms with Crippen LogP contribution in [0, 0.1) is 0 Å². The molecule has 150 valence electrons. The molecule has 1 atom stereocenters. The SMILES string of the molecule is CC(C)N(Cc1ccccc1)C(=O)CN1CCOC(CN(C)CC(=O)O)C1. The number of carbonyl (C=O) groups is 2. The molecular weight excluding hydrogens is 346 g/mol. The highest BCUT2D eigenvalue weighted by molar-refractivity contribution is 5.78. The second-order valence-corrected chi connectivity index (χ2v) is 7.42. The van der Waals surface area contributed by atoms with Crippen molar-refractivity contribution in [3.63, 3.8) is 0 Å². The van der Waals surface area contributed by atoms with Crippen molar-refractivity contribution in [1.29, 1.82) is 0 Å².